The Morgan fingerprint density at radius 2 is 1.25 bits per heavy atom. The van der Waals surface area contributed by atoms with E-state index in [0.29, 0.717) is 11.8 Å². The minimum absolute atomic E-state index is 0.0924. The summed E-state index contributed by atoms with van der Waals surface area (Å²) in [6.45, 7) is 11.6. The van der Waals surface area contributed by atoms with Gasteiger partial charge in [-0.15, -0.1) is 0 Å². The molecule has 0 unspecified atom stereocenters. The van der Waals surface area contributed by atoms with Gasteiger partial charge in [0.25, 0.3) is 0 Å². The maximum Gasteiger partial charge on any atom is 0.238 e. The molecule has 0 atom stereocenters. The van der Waals surface area contributed by atoms with Crippen molar-refractivity contribution < 1.29 is 0 Å². The van der Waals surface area contributed by atoms with Crippen LogP contribution in [0.15, 0.2) is 116 Å². The lowest BCUT2D eigenvalue weighted by Crippen LogP contribution is -2.15. The fraction of sp³-hybridized carbons (Fsp3) is 0.159. The molecule has 0 amide bonds. The molecule has 0 fully saturated rings. The van der Waals surface area contributed by atoms with E-state index in [1.54, 1.807) is 6.33 Å². The van der Waals surface area contributed by atoms with Crippen molar-refractivity contribution in [2.45, 2.75) is 45.4 Å². The second kappa shape index (κ2) is 9.26. The molecule has 0 aliphatic heterocycles. The summed E-state index contributed by atoms with van der Waals surface area (Å²) in [7, 11) is 0. The van der Waals surface area contributed by atoms with Gasteiger partial charge in [0.2, 0.25) is 5.95 Å². The van der Waals surface area contributed by atoms with Gasteiger partial charge in [-0.1, -0.05) is 120 Å². The Morgan fingerprint density at radius 1 is 0.604 bits per heavy atom. The zero-order chi connectivity index (χ0) is 32.5. The van der Waals surface area contributed by atoms with Gasteiger partial charge in [0, 0.05) is 21.8 Å². The molecule has 4 nitrogen and oxygen atoms in total. The smallest absolute Gasteiger partial charge is 0.238 e. The second-order valence-electron chi connectivity index (χ2n) is 15.0. The maximum absolute atomic E-state index is 5.08. The summed E-state index contributed by atoms with van der Waals surface area (Å²) in [5.74, 6) is 1.30. The molecule has 0 radical (unpaired) electrons. The second-order valence-corrected chi connectivity index (χ2v) is 15.0. The van der Waals surface area contributed by atoms with Crippen LogP contribution in [-0.2, 0) is 10.8 Å². The van der Waals surface area contributed by atoms with E-state index >= 15 is 0 Å². The number of aromatic nitrogens is 4. The highest BCUT2D eigenvalue weighted by Gasteiger charge is 2.37. The lowest BCUT2D eigenvalue weighted by atomic mass is 9.79. The van der Waals surface area contributed by atoms with Gasteiger partial charge in [0.1, 0.15) is 6.33 Å². The van der Waals surface area contributed by atoms with Gasteiger partial charge in [-0.3, -0.25) is 4.57 Å². The molecule has 1 aliphatic carbocycles. The third-order valence-electron chi connectivity index (χ3n) is 10.8. The van der Waals surface area contributed by atoms with Crippen LogP contribution >= 0.6 is 0 Å². The van der Waals surface area contributed by atoms with Crippen LogP contribution in [0, 0.1) is 0 Å². The van der Waals surface area contributed by atoms with Gasteiger partial charge >= 0.3 is 0 Å². The number of hydrogen-bond donors (Lipinski definition) is 0. The van der Waals surface area contributed by atoms with Gasteiger partial charge in [-0.2, -0.15) is 4.98 Å². The summed E-state index contributed by atoms with van der Waals surface area (Å²) < 4.78 is 2.15. The summed E-state index contributed by atoms with van der Waals surface area (Å²) >= 11 is 0. The van der Waals surface area contributed by atoms with Crippen LogP contribution in [0.5, 0.6) is 0 Å². The Balaban J connectivity index is 1.15. The zero-order valence-electron chi connectivity index (χ0n) is 27.8. The third-order valence-corrected chi connectivity index (χ3v) is 10.8. The van der Waals surface area contributed by atoms with Crippen LogP contribution < -0.4 is 0 Å². The molecule has 48 heavy (non-hydrogen) atoms. The number of fused-ring (bicyclic) bond motifs is 7. The first-order valence-electron chi connectivity index (χ1n) is 16.8. The fourth-order valence-electron chi connectivity index (χ4n) is 8.35. The summed E-state index contributed by atoms with van der Waals surface area (Å²) in [6, 6.07) is 40.2. The van der Waals surface area contributed by atoms with E-state index in [9.17, 15) is 0 Å². The Labute approximate surface area is 279 Å². The average molecular weight is 619 g/mol. The molecule has 9 aromatic rings. The van der Waals surface area contributed by atoms with Crippen molar-refractivity contribution in [1.29, 1.82) is 0 Å². The summed E-state index contributed by atoms with van der Waals surface area (Å²) in [5, 5.41) is 10.4. The monoisotopic (exact) mass is 618 g/mol. The van der Waals surface area contributed by atoms with Crippen molar-refractivity contribution in [2.75, 3.05) is 0 Å². The van der Waals surface area contributed by atoms with Gasteiger partial charge in [-0.05, 0) is 89.8 Å². The van der Waals surface area contributed by atoms with E-state index < -0.39 is 0 Å². The molecular weight excluding hydrogens is 585 g/mol. The Morgan fingerprint density at radius 3 is 1.94 bits per heavy atom. The maximum atomic E-state index is 5.08. The number of rotatable bonds is 2. The van der Waals surface area contributed by atoms with Crippen molar-refractivity contribution in [2.24, 2.45) is 0 Å². The molecule has 0 spiro atoms. The zero-order valence-corrected chi connectivity index (χ0v) is 27.8. The summed E-state index contributed by atoms with van der Waals surface area (Å²) in [5.41, 5.74) is 9.77. The standard InChI is InChI=1S/C44H34N4/c1-43(2,3)29-20-25-14-15-27-22-35-40(33-19-16-26(21-29)38(25)39(27)33)32-18-17-28(23-34(32)44(35,4)5)41-45-24-46-42(47-41)48-36-12-8-6-10-30(36)31-11-7-9-13-37(31)48/h6-24H,1-5H3. The lowest BCUT2D eigenvalue weighted by molar-refractivity contribution is 0.591. The van der Waals surface area contributed by atoms with E-state index in [0.717, 1.165) is 16.6 Å². The molecule has 7 aromatic carbocycles. The van der Waals surface area contributed by atoms with E-state index in [4.69, 9.17) is 9.97 Å². The van der Waals surface area contributed by atoms with E-state index in [2.05, 4.69) is 153 Å². The van der Waals surface area contributed by atoms with E-state index in [1.807, 2.05) is 0 Å². The van der Waals surface area contributed by atoms with Crippen LogP contribution in [0.25, 0.3) is 82.6 Å². The number of benzene rings is 7. The molecule has 0 N–H and O–H groups in total. The van der Waals surface area contributed by atoms with Crippen LogP contribution in [0.4, 0.5) is 0 Å². The average Bonchev–Trinajstić information content (AvgIpc) is 3.55. The van der Waals surface area contributed by atoms with Gasteiger partial charge < -0.3 is 0 Å². The largest absolute Gasteiger partial charge is 0.278 e. The van der Waals surface area contributed by atoms with Crippen LogP contribution in [0.3, 0.4) is 0 Å². The predicted molar refractivity (Wildman–Crippen MR) is 200 cm³/mol. The topological polar surface area (TPSA) is 43.6 Å². The molecular formula is C44H34N4. The molecule has 0 saturated heterocycles. The van der Waals surface area contributed by atoms with Crippen molar-refractivity contribution in [3.8, 4) is 28.5 Å². The Kier molecular flexibility index (Phi) is 5.30. The molecule has 230 valence electrons. The van der Waals surface area contributed by atoms with Gasteiger partial charge in [-0.25, -0.2) is 9.97 Å². The molecule has 2 heterocycles. The molecule has 2 aromatic heterocycles. The summed E-state index contributed by atoms with van der Waals surface area (Å²) in [6.07, 6.45) is 1.64. The highest BCUT2D eigenvalue weighted by Crippen LogP contribution is 2.54. The first-order valence-corrected chi connectivity index (χ1v) is 16.8. The van der Waals surface area contributed by atoms with Crippen molar-refractivity contribution in [3.05, 3.63) is 132 Å². The number of nitrogens with zero attached hydrogens (tertiary/aromatic N) is 4. The van der Waals surface area contributed by atoms with Crippen molar-refractivity contribution >= 4 is 54.1 Å². The van der Waals surface area contributed by atoms with E-state index in [-0.39, 0.29) is 10.8 Å². The highest BCUT2D eigenvalue weighted by atomic mass is 15.2. The van der Waals surface area contributed by atoms with Gasteiger partial charge in [0.05, 0.1) is 11.0 Å². The Bertz CT molecular complexity index is 2720. The highest BCUT2D eigenvalue weighted by molar-refractivity contribution is 6.26. The Hall–Kier alpha value is -5.61. The molecule has 4 heteroatoms. The quantitative estimate of drug-likeness (QED) is 0.181. The van der Waals surface area contributed by atoms with Crippen molar-refractivity contribution in [3.63, 3.8) is 0 Å². The van der Waals surface area contributed by atoms with Crippen molar-refractivity contribution in [1.82, 2.24) is 19.5 Å². The van der Waals surface area contributed by atoms with Crippen LogP contribution in [-0.4, -0.2) is 19.5 Å². The lowest BCUT2D eigenvalue weighted by Gasteiger charge is -2.24. The number of hydrogen-bond acceptors (Lipinski definition) is 3. The normalized spacial score (nSPS) is 14.1. The minimum atomic E-state index is -0.187. The first-order chi connectivity index (χ1) is 23.2. The third kappa shape index (κ3) is 3.63. The van der Waals surface area contributed by atoms with Crippen LogP contribution in [0.2, 0.25) is 0 Å². The first kappa shape index (κ1) is 27.5. The van der Waals surface area contributed by atoms with Crippen LogP contribution in [0.1, 0.15) is 51.3 Å². The van der Waals surface area contributed by atoms with E-state index in [1.165, 1.54) is 70.9 Å². The molecule has 1 aliphatic rings. The predicted octanol–water partition coefficient (Wildman–Crippen LogP) is 11.1. The molecule has 0 bridgehead atoms. The molecule has 10 rings (SSSR count). The fourth-order valence-corrected chi connectivity index (χ4v) is 8.35. The molecule has 0 saturated carbocycles. The SMILES string of the molecule is CC(C)(C)c1cc2ccc3cc4c(c5ccc(c1)c2c35)-c1ccc(-c2ncnc(-n3c5ccccc5c5ccccc53)n2)cc1C4(C)C. The van der Waals surface area contributed by atoms with Gasteiger partial charge in [0.15, 0.2) is 5.82 Å². The summed E-state index contributed by atoms with van der Waals surface area (Å²) in [4.78, 5) is 14.5. The minimum Gasteiger partial charge on any atom is -0.278 e. The number of para-hydroxylation sites is 2.